The lowest BCUT2D eigenvalue weighted by Crippen LogP contribution is -2.25. The number of hydrogen-bond acceptors (Lipinski definition) is 0. The van der Waals surface area contributed by atoms with Gasteiger partial charge in [0.25, 0.3) is 0 Å². The first-order valence-electron chi connectivity index (χ1n) is 7.23. The Bertz CT molecular complexity index is 460. The highest BCUT2D eigenvalue weighted by Gasteiger charge is 2.56. The van der Waals surface area contributed by atoms with Gasteiger partial charge in [-0.15, -0.1) is 0 Å². The first kappa shape index (κ1) is 13.4. The van der Waals surface area contributed by atoms with Crippen LogP contribution >= 0.6 is 15.9 Å². The topological polar surface area (TPSA) is 0 Å². The molecule has 0 aromatic heterocycles. The summed E-state index contributed by atoms with van der Waals surface area (Å²) in [6, 6.07) is 11.0. The van der Waals surface area contributed by atoms with Gasteiger partial charge >= 0.3 is 0 Å². The number of rotatable bonds is 2. The van der Waals surface area contributed by atoms with E-state index in [1.54, 1.807) is 11.8 Å². The predicted molar refractivity (Wildman–Crippen MR) is 84.7 cm³/mol. The minimum atomic E-state index is 0.196. The molecule has 2 unspecified atom stereocenters. The lowest BCUT2D eigenvalue weighted by Gasteiger charge is -2.33. The monoisotopic (exact) mass is 316 g/mol. The molecular formula is C18H21Br. The third kappa shape index (κ3) is 2.11. The maximum absolute atomic E-state index is 3.47. The molecule has 0 spiro atoms. The summed E-state index contributed by atoms with van der Waals surface area (Å²) in [6.07, 6.45) is 6.40. The Morgan fingerprint density at radius 2 is 1.79 bits per heavy atom. The van der Waals surface area contributed by atoms with Crippen LogP contribution in [0.25, 0.3) is 0 Å². The normalized spacial score (nSPS) is 31.1. The number of halogens is 1. The van der Waals surface area contributed by atoms with E-state index in [1.807, 2.05) is 4.99 Å². The van der Waals surface area contributed by atoms with Crippen molar-refractivity contribution in [2.24, 2.45) is 17.3 Å². The molecule has 0 amide bonds. The Kier molecular flexibility index (Phi) is 3.59. The fourth-order valence-electron chi connectivity index (χ4n) is 4.35. The van der Waals surface area contributed by atoms with Crippen molar-refractivity contribution in [2.75, 3.05) is 0 Å². The van der Waals surface area contributed by atoms with Crippen molar-refractivity contribution in [3.05, 3.63) is 58.8 Å². The summed E-state index contributed by atoms with van der Waals surface area (Å²) >= 11 is 3.47. The van der Waals surface area contributed by atoms with Gasteiger partial charge in [0.1, 0.15) is 0 Å². The second kappa shape index (κ2) is 5.09. The molecule has 0 heterocycles. The van der Waals surface area contributed by atoms with Crippen LogP contribution in [-0.2, 0) is 0 Å². The van der Waals surface area contributed by atoms with Crippen LogP contribution in [0.3, 0.4) is 0 Å². The molecule has 2 aliphatic rings. The van der Waals surface area contributed by atoms with Crippen molar-refractivity contribution in [3.8, 4) is 0 Å². The Morgan fingerprint density at radius 1 is 1.11 bits per heavy atom. The van der Waals surface area contributed by atoms with Gasteiger partial charge in [-0.05, 0) is 40.6 Å². The Morgan fingerprint density at radius 3 is 2.47 bits per heavy atom. The molecule has 1 heteroatoms. The predicted octanol–water partition coefficient (Wildman–Crippen LogP) is 5.55. The maximum atomic E-state index is 3.47. The van der Waals surface area contributed by atoms with E-state index >= 15 is 0 Å². The van der Waals surface area contributed by atoms with Gasteiger partial charge in [0.2, 0.25) is 0 Å². The molecule has 3 rings (SSSR count). The van der Waals surface area contributed by atoms with Gasteiger partial charge in [0.15, 0.2) is 0 Å². The zero-order chi connectivity index (χ0) is 13.5. The zero-order valence-electron chi connectivity index (χ0n) is 11.7. The third-order valence-electron chi connectivity index (χ3n) is 5.01. The summed E-state index contributed by atoms with van der Waals surface area (Å²) in [5.74, 6) is 4.80. The Balaban J connectivity index is 2.03. The fourth-order valence-corrected chi connectivity index (χ4v) is 4.64. The standard InChI is InChI=1S/C18H21Br/c1-18(2)16(11-12-19)14-9-6-10-15(14)17(18)13-7-4-3-5-8-13/h3-5,7-8,11-12,14-15H,6,9-10H2,1-2H3/b12-11-. The van der Waals surface area contributed by atoms with E-state index in [0.29, 0.717) is 0 Å². The molecule has 19 heavy (non-hydrogen) atoms. The van der Waals surface area contributed by atoms with Crippen LogP contribution in [0, 0.1) is 29.1 Å². The highest BCUT2D eigenvalue weighted by atomic mass is 79.9. The van der Waals surface area contributed by atoms with Crippen molar-refractivity contribution in [3.63, 3.8) is 0 Å². The number of benzene rings is 1. The Hall–Kier alpha value is -0.560. The van der Waals surface area contributed by atoms with Crippen molar-refractivity contribution in [1.29, 1.82) is 0 Å². The summed E-state index contributed by atoms with van der Waals surface area (Å²) in [6.45, 7) is 4.80. The molecule has 100 valence electrons. The van der Waals surface area contributed by atoms with Gasteiger partial charge in [0, 0.05) is 11.8 Å². The molecule has 1 aromatic rings. The van der Waals surface area contributed by atoms with Crippen LogP contribution in [0.1, 0.15) is 38.7 Å². The van der Waals surface area contributed by atoms with E-state index in [1.165, 1.54) is 24.8 Å². The highest BCUT2D eigenvalue weighted by Crippen LogP contribution is 2.64. The third-order valence-corrected chi connectivity index (χ3v) is 5.27. The van der Waals surface area contributed by atoms with Gasteiger partial charge in [-0.25, -0.2) is 0 Å². The van der Waals surface area contributed by atoms with Crippen LogP contribution in [0.4, 0.5) is 0 Å². The zero-order valence-corrected chi connectivity index (χ0v) is 13.3. The van der Waals surface area contributed by atoms with E-state index in [9.17, 15) is 0 Å². The van der Waals surface area contributed by atoms with Gasteiger partial charge < -0.3 is 0 Å². The molecule has 0 saturated heterocycles. The second-order valence-electron chi connectivity index (χ2n) is 6.30. The van der Waals surface area contributed by atoms with Gasteiger partial charge in [-0.1, -0.05) is 72.6 Å². The fraction of sp³-hybridized carbons (Fsp3) is 0.444. The molecule has 2 saturated carbocycles. The molecule has 0 aliphatic heterocycles. The second-order valence-corrected chi connectivity index (χ2v) is 6.83. The van der Waals surface area contributed by atoms with Crippen molar-refractivity contribution >= 4 is 15.9 Å². The summed E-state index contributed by atoms with van der Waals surface area (Å²) in [5.41, 5.74) is 1.64. The van der Waals surface area contributed by atoms with E-state index in [0.717, 1.165) is 11.8 Å². The average Bonchev–Trinajstić information content (AvgIpc) is 2.92. The van der Waals surface area contributed by atoms with E-state index in [4.69, 9.17) is 0 Å². The molecule has 0 N–H and O–H groups in total. The molecule has 1 aromatic carbocycles. The smallest absolute Gasteiger partial charge is 0.0149 e. The van der Waals surface area contributed by atoms with Crippen LogP contribution in [0.15, 0.2) is 41.4 Å². The average molecular weight is 317 g/mol. The minimum Gasteiger partial charge on any atom is -0.0696 e. The lowest BCUT2D eigenvalue weighted by atomic mass is 9.70. The van der Waals surface area contributed by atoms with Crippen molar-refractivity contribution < 1.29 is 0 Å². The molecular weight excluding hydrogens is 296 g/mol. The highest BCUT2D eigenvalue weighted by molar-refractivity contribution is 9.11. The molecule has 2 atom stereocenters. The van der Waals surface area contributed by atoms with E-state index < -0.39 is 0 Å². The molecule has 0 bridgehead atoms. The van der Waals surface area contributed by atoms with Crippen molar-refractivity contribution in [1.82, 2.24) is 0 Å². The molecule has 2 fully saturated rings. The molecule has 2 aliphatic carbocycles. The lowest BCUT2D eigenvalue weighted by molar-refractivity contribution is 0.441. The van der Waals surface area contributed by atoms with E-state index in [2.05, 4.69) is 66.2 Å². The number of allylic oxidation sites excluding steroid dienone is 1. The van der Waals surface area contributed by atoms with E-state index in [-0.39, 0.29) is 5.41 Å². The van der Waals surface area contributed by atoms with Crippen molar-refractivity contribution in [2.45, 2.75) is 33.1 Å². The quantitative estimate of drug-likeness (QED) is 0.671. The molecule has 0 nitrogen and oxygen atoms in total. The SMILES string of the molecule is CC1(C)[C](/C=C\Br)C2CCCC2[C]1c1ccccc1. The number of hydrogen-bond donors (Lipinski definition) is 0. The van der Waals surface area contributed by atoms with Gasteiger partial charge in [-0.2, -0.15) is 0 Å². The van der Waals surface area contributed by atoms with Crippen LogP contribution in [0.5, 0.6) is 0 Å². The summed E-state index contributed by atoms with van der Waals surface area (Å²) in [7, 11) is 0. The first-order valence-corrected chi connectivity index (χ1v) is 8.14. The molecule has 2 radical (unpaired) electrons. The summed E-state index contributed by atoms with van der Waals surface area (Å²) in [4.78, 5) is 2.04. The van der Waals surface area contributed by atoms with Gasteiger partial charge in [0.05, 0.1) is 0 Å². The van der Waals surface area contributed by atoms with Crippen LogP contribution in [0.2, 0.25) is 0 Å². The minimum absolute atomic E-state index is 0.196. The maximum Gasteiger partial charge on any atom is 0.0149 e. The van der Waals surface area contributed by atoms with Gasteiger partial charge in [-0.3, -0.25) is 0 Å². The summed E-state index contributed by atoms with van der Waals surface area (Å²) < 4.78 is 0. The number of fused-ring (bicyclic) bond motifs is 1. The first-order chi connectivity index (χ1) is 9.16. The Labute approximate surface area is 125 Å². The van der Waals surface area contributed by atoms with Crippen LogP contribution in [-0.4, -0.2) is 0 Å². The summed E-state index contributed by atoms with van der Waals surface area (Å²) in [5, 5.41) is 0. The largest absolute Gasteiger partial charge is 0.0696 e. The van der Waals surface area contributed by atoms with Crippen LogP contribution < -0.4 is 0 Å².